The van der Waals surface area contributed by atoms with Gasteiger partial charge in [0, 0.05) is 70.9 Å². The molecular formula is C30H15CuN5O10. The first-order valence-electron chi connectivity index (χ1n) is 14.0. The summed E-state index contributed by atoms with van der Waals surface area (Å²) < 4.78 is 0. The summed E-state index contributed by atoms with van der Waals surface area (Å²) in [6, 6.07) is 0. The maximum Gasteiger partial charge on any atom is 0.255 e. The third-order valence-corrected chi connectivity index (χ3v) is 10.5. The Morgan fingerprint density at radius 2 is 0.457 bits per heavy atom. The summed E-state index contributed by atoms with van der Waals surface area (Å²) in [4.78, 5) is 65.5. The monoisotopic (exact) mass is 668 g/mol. The van der Waals surface area contributed by atoms with Crippen LogP contribution >= 0.6 is 0 Å². The molecular weight excluding hydrogens is 654 g/mol. The Hall–Kier alpha value is -4.93. The molecule has 6 aromatic rings. The number of anilines is 5. The van der Waals surface area contributed by atoms with Crippen LogP contribution in [0.2, 0.25) is 0 Å². The molecule has 46 heavy (non-hydrogen) atoms. The largest absolute Gasteiger partial charge is 0.281 e. The van der Waals surface area contributed by atoms with Crippen molar-refractivity contribution in [1.82, 2.24) is 0 Å². The number of benzene rings is 5. The van der Waals surface area contributed by atoms with E-state index in [0.717, 1.165) is 0 Å². The fraction of sp³-hybridized carbons (Fsp3) is 0.167. The Bertz CT molecular complexity index is 2180. The Kier molecular flexibility index (Phi) is 4.31. The van der Waals surface area contributed by atoms with Crippen molar-refractivity contribution in [2.24, 2.45) is 0 Å². The predicted molar refractivity (Wildman–Crippen MR) is 152 cm³/mol. The van der Waals surface area contributed by atoms with Crippen LogP contribution in [-0.4, -0.2) is 55.6 Å². The van der Waals surface area contributed by atoms with Crippen LogP contribution in [0.25, 0.3) is 53.9 Å². The van der Waals surface area contributed by atoms with Gasteiger partial charge in [0.15, 0.2) is 0 Å². The van der Waals surface area contributed by atoms with E-state index in [0.29, 0.717) is 79.2 Å². The van der Waals surface area contributed by atoms with Gasteiger partial charge >= 0.3 is 0 Å². The molecule has 5 amide bonds. The third kappa shape index (κ3) is 2.35. The van der Waals surface area contributed by atoms with E-state index < -0.39 is 29.5 Å². The molecule has 0 unspecified atom stereocenters. The molecule has 16 heteroatoms. The molecule has 0 aromatic heterocycles. The molecule has 0 aliphatic carbocycles. The van der Waals surface area contributed by atoms with E-state index in [-0.39, 0.29) is 105 Å². The summed E-state index contributed by atoms with van der Waals surface area (Å²) in [7, 11) is 0. The molecule has 0 atom stereocenters. The van der Waals surface area contributed by atoms with Crippen LogP contribution in [0.4, 0.5) is 28.4 Å². The molecule has 5 aliphatic heterocycles. The summed E-state index contributed by atoms with van der Waals surface area (Å²) in [6.07, 6.45) is -1.57. The summed E-state index contributed by atoms with van der Waals surface area (Å²) in [5.74, 6) is -3.46. The van der Waals surface area contributed by atoms with Gasteiger partial charge < -0.3 is 0 Å². The van der Waals surface area contributed by atoms with Crippen LogP contribution in [0.1, 0.15) is 27.8 Å². The van der Waals surface area contributed by atoms with Crippen LogP contribution < -0.4 is 25.3 Å². The quantitative estimate of drug-likeness (QED) is 0.0907. The van der Waals surface area contributed by atoms with Gasteiger partial charge in [0.2, 0.25) is 0 Å². The van der Waals surface area contributed by atoms with Crippen LogP contribution in [0.5, 0.6) is 0 Å². The standard InChI is InChI=1S/C30H15N5O10.Cu/c36-11-1-6-16-21-22-17(26(6)31(11)41)7-2-13(38)33(43)28(7)19-9-4-15(40)35(45)30(9)20-10-5-14(39)34(44)29(10)18(23(21)25(20)24(19)22)8-3-12(37)32(42)27(8)16;/h41-45H,1-5H2;. The van der Waals surface area contributed by atoms with Crippen molar-refractivity contribution in [3.05, 3.63) is 27.8 Å². The van der Waals surface area contributed by atoms with Gasteiger partial charge in [-0.15, -0.1) is 0 Å². The van der Waals surface area contributed by atoms with Crippen molar-refractivity contribution >= 4 is 112 Å². The Balaban J connectivity index is 0.00000275. The van der Waals surface area contributed by atoms with Crippen molar-refractivity contribution in [1.29, 1.82) is 0 Å². The second kappa shape index (κ2) is 7.54. The fourth-order valence-corrected chi connectivity index (χ4v) is 9.07. The molecule has 5 heterocycles. The van der Waals surface area contributed by atoms with Gasteiger partial charge in [-0.2, -0.15) is 25.3 Å². The number of rotatable bonds is 0. The van der Waals surface area contributed by atoms with Gasteiger partial charge in [0.05, 0.1) is 60.5 Å². The molecule has 0 fully saturated rings. The molecule has 15 nitrogen and oxygen atoms in total. The Morgan fingerprint density at radius 3 is 0.609 bits per heavy atom. The van der Waals surface area contributed by atoms with E-state index in [1.54, 1.807) is 0 Å². The molecule has 0 saturated heterocycles. The van der Waals surface area contributed by atoms with Gasteiger partial charge in [-0.05, 0) is 27.8 Å². The van der Waals surface area contributed by atoms with Crippen molar-refractivity contribution in [3.8, 4) is 0 Å². The summed E-state index contributed by atoms with van der Waals surface area (Å²) in [5, 5.41) is 62.0. The minimum absolute atomic E-state index is 0. The predicted octanol–water partition coefficient (Wildman–Crippen LogP) is 2.15. The smallest absolute Gasteiger partial charge is 0.255 e. The van der Waals surface area contributed by atoms with Crippen molar-refractivity contribution in [2.45, 2.75) is 32.1 Å². The molecule has 11 rings (SSSR count). The second-order valence-corrected chi connectivity index (χ2v) is 12.3. The Labute approximate surface area is 263 Å². The van der Waals surface area contributed by atoms with Crippen LogP contribution in [-0.2, 0) is 73.1 Å². The number of amides is 5. The Morgan fingerprint density at radius 1 is 0.304 bits per heavy atom. The van der Waals surface area contributed by atoms with E-state index in [4.69, 9.17) is 0 Å². The van der Waals surface area contributed by atoms with E-state index in [9.17, 15) is 50.0 Å². The topological polar surface area (TPSA) is 203 Å². The van der Waals surface area contributed by atoms with E-state index in [2.05, 4.69) is 0 Å². The molecule has 5 N–H and O–H groups in total. The van der Waals surface area contributed by atoms with Gasteiger partial charge in [-0.25, -0.2) is 0 Å². The van der Waals surface area contributed by atoms with Crippen molar-refractivity contribution in [3.63, 3.8) is 0 Å². The zero-order chi connectivity index (χ0) is 30.9. The first-order valence-corrected chi connectivity index (χ1v) is 14.0. The first-order chi connectivity index (χ1) is 21.5. The summed E-state index contributed by atoms with van der Waals surface area (Å²) in [6.45, 7) is 0. The van der Waals surface area contributed by atoms with E-state index >= 15 is 0 Å². The normalized spacial score (nSPS) is 18.8. The summed E-state index contributed by atoms with van der Waals surface area (Å²) in [5.41, 5.74) is 1.66. The van der Waals surface area contributed by atoms with Crippen LogP contribution in [0.15, 0.2) is 0 Å². The molecule has 6 aromatic carbocycles. The average Bonchev–Trinajstić information content (AvgIpc) is 3.81. The van der Waals surface area contributed by atoms with Gasteiger partial charge in [0.25, 0.3) is 29.5 Å². The minimum atomic E-state index is -0.692. The zero-order valence-corrected chi connectivity index (χ0v) is 23.8. The van der Waals surface area contributed by atoms with Gasteiger partial charge in [-0.1, -0.05) is 0 Å². The van der Waals surface area contributed by atoms with E-state index in [1.165, 1.54) is 0 Å². The zero-order valence-electron chi connectivity index (χ0n) is 22.9. The summed E-state index contributed by atoms with van der Waals surface area (Å²) >= 11 is 0. The average molecular weight is 669 g/mol. The number of fused-ring (bicyclic) bond motifs is 15. The number of carbonyl (C=O) groups is 5. The number of hydrogen-bond acceptors (Lipinski definition) is 10. The third-order valence-electron chi connectivity index (χ3n) is 10.5. The van der Waals surface area contributed by atoms with Crippen LogP contribution in [0.3, 0.4) is 0 Å². The molecule has 1 radical (unpaired) electrons. The van der Waals surface area contributed by atoms with Gasteiger partial charge in [0.1, 0.15) is 0 Å². The van der Waals surface area contributed by atoms with Crippen molar-refractivity contribution < 1.29 is 67.1 Å². The molecule has 231 valence electrons. The van der Waals surface area contributed by atoms with Crippen molar-refractivity contribution in [2.75, 3.05) is 25.3 Å². The van der Waals surface area contributed by atoms with Crippen LogP contribution in [0, 0.1) is 0 Å². The maximum atomic E-state index is 13.1. The molecule has 5 aliphatic rings. The second-order valence-electron chi connectivity index (χ2n) is 12.3. The SMILES string of the molecule is O=C1Cc2c(c3c4c(c5c6c(c7c8c(c9c%10c(c2c2c3c5c7c92)N(O)C(=O)C%10)N(O)C(=O)C8)N(O)C(=O)C6)N(O)C(=O)C4)N1O.[Cu]. The first kappa shape index (κ1) is 26.3. The number of hydroxylamine groups is 5. The number of carbonyl (C=O) groups excluding carboxylic acids is 5. The maximum absolute atomic E-state index is 13.1. The molecule has 0 spiro atoms. The molecule has 0 bridgehead atoms. The number of nitrogens with zero attached hydrogens (tertiary/aromatic N) is 5. The fourth-order valence-electron chi connectivity index (χ4n) is 9.07. The number of hydrogen-bond donors (Lipinski definition) is 5. The van der Waals surface area contributed by atoms with Gasteiger partial charge in [-0.3, -0.25) is 50.0 Å². The van der Waals surface area contributed by atoms with E-state index in [1.807, 2.05) is 0 Å². The molecule has 0 saturated carbocycles. The minimum Gasteiger partial charge on any atom is -0.281 e.